The van der Waals surface area contributed by atoms with E-state index in [0.717, 1.165) is 59.8 Å². The molecule has 5 atom stereocenters. The number of fused-ring (bicyclic) bond motifs is 1. The fourth-order valence-electron chi connectivity index (χ4n) is 9.14. The lowest BCUT2D eigenvalue weighted by atomic mass is 10.0. The summed E-state index contributed by atoms with van der Waals surface area (Å²) in [6, 6.07) is 31.1. The van der Waals surface area contributed by atoms with Crippen LogP contribution in [0.5, 0.6) is 0 Å². The Morgan fingerprint density at radius 1 is 0.635 bits per heavy atom. The second-order valence-corrected chi connectivity index (χ2v) is 17.7. The highest BCUT2D eigenvalue weighted by Gasteiger charge is 2.41. The molecule has 4 aromatic carbocycles. The van der Waals surface area contributed by atoms with Crippen LogP contribution in [0.4, 0.5) is 11.4 Å². The van der Waals surface area contributed by atoms with Gasteiger partial charge in [0.15, 0.2) is 0 Å². The Morgan fingerprint density at radius 2 is 1.22 bits per heavy atom. The molecule has 0 spiro atoms. The molecule has 2 aliphatic carbocycles. The molecule has 326 valence electrons. The van der Waals surface area contributed by atoms with E-state index in [1.165, 1.54) is 0 Å². The van der Waals surface area contributed by atoms with Crippen LogP contribution in [-0.4, -0.2) is 80.8 Å². The molecular weight excluding hydrogens is 795 g/mol. The zero-order valence-electron chi connectivity index (χ0n) is 35.3. The highest BCUT2D eigenvalue weighted by atomic mass is 16.3. The summed E-state index contributed by atoms with van der Waals surface area (Å²) in [5.41, 5.74) is 5.35. The van der Waals surface area contributed by atoms with Crippen LogP contribution in [0.15, 0.2) is 109 Å². The third kappa shape index (κ3) is 10.0. The number of aromatic nitrogens is 1. The lowest BCUT2D eigenvalue weighted by molar-refractivity contribution is -0.140. The maximum absolute atomic E-state index is 14.0. The summed E-state index contributed by atoms with van der Waals surface area (Å²) in [5.74, 6) is -0.214. The average Bonchev–Trinajstić information content (AvgIpc) is 4.10. The van der Waals surface area contributed by atoms with Crippen molar-refractivity contribution < 1.29 is 29.1 Å². The quantitative estimate of drug-likeness (QED) is 0.0633. The van der Waals surface area contributed by atoms with Crippen LogP contribution in [-0.2, 0) is 24.0 Å². The maximum atomic E-state index is 14.0. The van der Waals surface area contributed by atoms with Crippen LogP contribution < -0.4 is 21.3 Å². The van der Waals surface area contributed by atoms with Gasteiger partial charge < -0.3 is 36.3 Å². The number of aromatic amines is 1. The minimum atomic E-state index is -1.08. The van der Waals surface area contributed by atoms with Crippen molar-refractivity contribution in [1.29, 1.82) is 0 Å². The molecule has 0 radical (unpaired) electrons. The molecule has 2 saturated carbocycles. The molecule has 5 amide bonds. The number of anilines is 2. The number of carbonyl (C=O) groups excluding carboxylic acids is 5. The third-order valence-electron chi connectivity index (χ3n) is 12.9. The first-order chi connectivity index (χ1) is 30.7. The van der Waals surface area contributed by atoms with Gasteiger partial charge in [-0.05, 0) is 116 Å². The van der Waals surface area contributed by atoms with Crippen molar-refractivity contribution in [3.63, 3.8) is 0 Å². The molecule has 6 N–H and O–H groups in total. The van der Waals surface area contributed by atoms with E-state index >= 15 is 0 Å². The van der Waals surface area contributed by atoms with Crippen LogP contribution in [0.3, 0.4) is 0 Å². The number of hydrogen-bond acceptors (Lipinski definition) is 7. The van der Waals surface area contributed by atoms with Crippen molar-refractivity contribution in [2.75, 3.05) is 23.7 Å². The van der Waals surface area contributed by atoms with Gasteiger partial charge in [-0.25, -0.2) is 0 Å². The molecule has 13 nitrogen and oxygen atoms in total. The Hall–Kier alpha value is -6.31. The number of nitrogens with zero attached hydrogens (tertiary/aromatic N) is 2. The molecule has 63 heavy (non-hydrogen) atoms. The smallest absolute Gasteiger partial charge is 0.250 e. The fourth-order valence-corrected chi connectivity index (χ4v) is 9.14. The number of amides is 5. The number of carbonyl (C=O) groups is 5. The standard InChI is InChI=1S/C50H55N7O6/c58-43(27-31-15-16-31)54-45(34-9-3-1-4-10-34)49(62)56-25-7-13-41(56)47(60)51-37-21-19-33(20-22-37)40-30-36-29-38(23-24-39(36)53-40)52-48(61)42-14-8-26-57(42)50(63)46(35-11-5-2-6-12-35)55-44(59)28-32-17-18-32/h1-6,9-12,19-24,29-32,41-42,45-46,49,53,62H,7-8,13-18,25-28H2,(H,51,60)(H,52,61)(H,54,58)(H,55,59)/t41-,42-,45+,46+,49?/m0/s1. The number of aliphatic hydroxyl groups is 1. The summed E-state index contributed by atoms with van der Waals surface area (Å²) < 4.78 is 0. The number of aliphatic hydroxyl groups excluding tert-OH is 1. The minimum absolute atomic E-state index is 0.0887. The molecule has 1 unspecified atom stereocenters. The van der Waals surface area contributed by atoms with Gasteiger partial charge in [-0.1, -0.05) is 72.8 Å². The van der Waals surface area contributed by atoms with Crippen molar-refractivity contribution in [3.8, 4) is 11.3 Å². The van der Waals surface area contributed by atoms with E-state index in [-0.39, 0.29) is 29.5 Å². The molecule has 2 saturated heterocycles. The molecular formula is C50H55N7O6. The van der Waals surface area contributed by atoms with Gasteiger partial charge in [-0.15, -0.1) is 0 Å². The first-order valence-corrected chi connectivity index (χ1v) is 22.4. The van der Waals surface area contributed by atoms with Gasteiger partial charge in [0, 0.05) is 53.9 Å². The van der Waals surface area contributed by atoms with Gasteiger partial charge >= 0.3 is 0 Å². The Bertz CT molecular complexity index is 2450. The highest BCUT2D eigenvalue weighted by molar-refractivity contribution is 6.01. The number of nitrogens with one attached hydrogen (secondary N) is 5. The molecule has 0 bridgehead atoms. The summed E-state index contributed by atoms with van der Waals surface area (Å²) >= 11 is 0. The van der Waals surface area contributed by atoms with Crippen LogP contribution >= 0.6 is 0 Å². The fraction of sp³-hybridized carbons (Fsp3) is 0.380. The molecule has 4 fully saturated rings. The molecule has 5 aromatic rings. The van der Waals surface area contributed by atoms with E-state index in [9.17, 15) is 29.1 Å². The molecule has 13 heteroatoms. The number of likely N-dealkylation sites (tertiary alicyclic amines) is 2. The van der Waals surface area contributed by atoms with Gasteiger partial charge in [0.25, 0.3) is 0 Å². The van der Waals surface area contributed by atoms with E-state index < -0.39 is 30.4 Å². The van der Waals surface area contributed by atoms with Crippen molar-refractivity contribution in [1.82, 2.24) is 25.4 Å². The van der Waals surface area contributed by atoms with Crippen LogP contribution in [0.25, 0.3) is 22.2 Å². The highest BCUT2D eigenvalue weighted by Crippen LogP contribution is 2.35. The van der Waals surface area contributed by atoms with Gasteiger partial charge in [-0.2, -0.15) is 0 Å². The van der Waals surface area contributed by atoms with E-state index in [0.29, 0.717) is 74.0 Å². The van der Waals surface area contributed by atoms with Gasteiger partial charge in [0.05, 0.1) is 12.1 Å². The maximum Gasteiger partial charge on any atom is 0.250 e. The van der Waals surface area contributed by atoms with Gasteiger partial charge in [0.2, 0.25) is 29.5 Å². The SMILES string of the molecule is O=C(CC1CC1)N[C@H](c1ccccc1)C(O)N1CCC[C@H]1C(=O)Nc1ccc(-c2cc3cc(NC(=O)[C@@H]4CCCN4C(=O)[C@H](NC(=O)CC4CC4)c4ccccc4)ccc3[nH]2)cc1. The Labute approximate surface area is 367 Å². The molecule has 1 aromatic heterocycles. The molecule has 9 rings (SSSR count). The largest absolute Gasteiger partial charge is 0.376 e. The summed E-state index contributed by atoms with van der Waals surface area (Å²) in [7, 11) is 0. The first kappa shape index (κ1) is 42.0. The summed E-state index contributed by atoms with van der Waals surface area (Å²) in [6.45, 7) is 0.959. The minimum Gasteiger partial charge on any atom is -0.376 e. The topological polar surface area (TPSA) is 176 Å². The Kier molecular flexibility index (Phi) is 12.4. The molecule has 2 aliphatic heterocycles. The average molecular weight is 850 g/mol. The van der Waals surface area contributed by atoms with E-state index in [2.05, 4.69) is 26.3 Å². The first-order valence-electron chi connectivity index (χ1n) is 22.4. The third-order valence-corrected chi connectivity index (χ3v) is 12.9. The lowest BCUT2D eigenvalue weighted by Gasteiger charge is -2.34. The van der Waals surface area contributed by atoms with Crippen LogP contribution in [0.2, 0.25) is 0 Å². The van der Waals surface area contributed by atoms with E-state index in [1.807, 2.05) is 109 Å². The second-order valence-electron chi connectivity index (χ2n) is 17.7. The molecule has 4 aliphatic rings. The van der Waals surface area contributed by atoms with Crippen molar-refractivity contribution in [2.24, 2.45) is 11.8 Å². The van der Waals surface area contributed by atoms with E-state index in [1.54, 1.807) is 9.80 Å². The van der Waals surface area contributed by atoms with Crippen molar-refractivity contribution in [2.45, 2.75) is 94.6 Å². The van der Waals surface area contributed by atoms with E-state index in [4.69, 9.17) is 0 Å². The monoisotopic (exact) mass is 849 g/mol. The normalized spacial score (nSPS) is 20.2. The lowest BCUT2D eigenvalue weighted by Crippen LogP contribution is -2.51. The summed E-state index contributed by atoms with van der Waals surface area (Å²) in [5, 5.41) is 24.7. The number of rotatable bonds is 16. The van der Waals surface area contributed by atoms with Gasteiger partial charge in [0.1, 0.15) is 18.3 Å². The van der Waals surface area contributed by atoms with Crippen LogP contribution in [0, 0.1) is 11.8 Å². The number of H-pyrrole nitrogens is 1. The Balaban J connectivity index is 0.827. The number of benzene rings is 4. The second kappa shape index (κ2) is 18.6. The zero-order valence-corrected chi connectivity index (χ0v) is 35.3. The van der Waals surface area contributed by atoms with Crippen LogP contribution in [0.1, 0.15) is 87.4 Å². The van der Waals surface area contributed by atoms with Crippen molar-refractivity contribution in [3.05, 3.63) is 120 Å². The van der Waals surface area contributed by atoms with Gasteiger partial charge in [-0.3, -0.25) is 28.9 Å². The summed E-state index contributed by atoms with van der Waals surface area (Å²) in [4.78, 5) is 74.2. The Morgan fingerprint density at radius 3 is 1.90 bits per heavy atom. The predicted molar refractivity (Wildman–Crippen MR) is 241 cm³/mol. The predicted octanol–water partition coefficient (Wildman–Crippen LogP) is 6.80. The van der Waals surface area contributed by atoms with Crippen molar-refractivity contribution >= 4 is 51.8 Å². The zero-order chi connectivity index (χ0) is 43.5. The summed E-state index contributed by atoms with van der Waals surface area (Å²) in [6.07, 6.45) is 6.48. The number of hydrogen-bond donors (Lipinski definition) is 6. The molecule has 3 heterocycles.